The van der Waals surface area contributed by atoms with E-state index in [1.807, 2.05) is 0 Å². The van der Waals surface area contributed by atoms with Gasteiger partial charge in [-0.2, -0.15) is 4.31 Å². The van der Waals surface area contributed by atoms with Crippen LogP contribution in [0.15, 0.2) is 41.3 Å². The molecule has 0 saturated heterocycles. The summed E-state index contributed by atoms with van der Waals surface area (Å²) < 4.78 is 45.8. The molecule has 146 valence electrons. The van der Waals surface area contributed by atoms with Crippen LogP contribution >= 0.6 is 0 Å². The molecule has 2 aromatic rings. The fourth-order valence-corrected chi connectivity index (χ4v) is 4.15. The Labute approximate surface area is 159 Å². The topological polar surface area (TPSA) is 75.7 Å². The third-order valence-corrected chi connectivity index (χ3v) is 6.17. The van der Waals surface area contributed by atoms with Gasteiger partial charge in [0.05, 0.1) is 23.3 Å². The van der Waals surface area contributed by atoms with Crippen LogP contribution in [0.2, 0.25) is 0 Å². The second kappa shape index (κ2) is 8.49. The number of hydrogen-bond donors (Lipinski definition) is 1. The van der Waals surface area contributed by atoms with Gasteiger partial charge in [-0.05, 0) is 42.8 Å². The molecule has 8 heteroatoms. The molecule has 0 heterocycles. The molecule has 0 saturated carbocycles. The molecule has 2 rings (SSSR count). The Hall–Kier alpha value is -2.45. The van der Waals surface area contributed by atoms with E-state index in [-0.39, 0.29) is 21.9 Å². The number of ether oxygens (including phenoxy) is 1. The molecule has 0 aliphatic heterocycles. The number of anilines is 1. The van der Waals surface area contributed by atoms with E-state index in [4.69, 9.17) is 4.74 Å². The predicted octanol–water partition coefficient (Wildman–Crippen LogP) is 3.43. The highest BCUT2D eigenvalue weighted by atomic mass is 32.2. The molecule has 2 aromatic carbocycles. The number of methoxy groups -OCH3 is 1. The van der Waals surface area contributed by atoms with Crippen molar-refractivity contribution in [3.63, 3.8) is 0 Å². The lowest BCUT2D eigenvalue weighted by atomic mass is 10.1. The monoisotopic (exact) mass is 394 g/mol. The van der Waals surface area contributed by atoms with Crippen LogP contribution in [0.3, 0.4) is 0 Å². The maximum absolute atomic E-state index is 13.9. The Morgan fingerprint density at radius 1 is 1.15 bits per heavy atom. The van der Waals surface area contributed by atoms with Crippen molar-refractivity contribution < 1.29 is 22.3 Å². The van der Waals surface area contributed by atoms with Crippen LogP contribution < -0.4 is 10.1 Å². The third kappa shape index (κ3) is 4.45. The van der Waals surface area contributed by atoms with Crippen LogP contribution in [0, 0.1) is 12.7 Å². The summed E-state index contributed by atoms with van der Waals surface area (Å²) in [5, 5.41) is 2.48. The van der Waals surface area contributed by atoms with Gasteiger partial charge in [0.25, 0.3) is 5.91 Å². The molecule has 0 bridgehead atoms. The molecular weight excluding hydrogens is 371 g/mol. The Kier molecular flexibility index (Phi) is 6.56. The molecule has 0 unspecified atom stereocenters. The number of nitrogens with one attached hydrogen (secondary N) is 1. The van der Waals surface area contributed by atoms with Crippen LogP contribution in [0.5, 0.6) is 5.75 Å². The fourth-order valence-electron chi connectivity index (χ4n) is 2.66. The summed E-state index contributed by atoms with van der Waals surface area (Å²) in [7, 11) is -2.37. The minimum Gasteiger partial charge on any atom is -0.496 e. The highest BCUT2D eigenvalue weighted by Crippen LogP contribution is 2.26. The van der Waals surface area contributed by atoms with Crippen LogP contribution in [0.25, 0.3) is 0 Å². The number of carbonyl (C=O) groups is 1. The lowest BCUT2D eigenvalue weighted by Gasteiger charge is -2.19. The number of sulfonamides is 1. The third-order valence-electron chi connectivity index (χ3n) is 4.13. The van der Waals surface area contributed by atoms with Crippen molar-refractivity contribution in [1.29, 1.82) is 0 Å². The summed E-state index contributed by atoms with van der Waals surface area (Å²) in [5.41, 5.74) is 0.794. The molecule has 27 heavy (non-hydrogen) atoms. The largest absolute Gasteiger partial charge is 0.496 e. The number of rotatable bonds is 7. The van der Waals surface area contributed by atoms with Crippen molar-refractivity contribution in [3.05, 3.63) is 53.3 Å². The van der Waals surface area contributed by atoms with Crippen molar-refractivity contribution in [3.8, 4) is 5.75 Å². The first kappa shape index (κ1) is 20.9. The Morgan fingerprint density at radius 3 is 2.41 bits per heavy atom. The van der Waals surface area contributed by atoms with E-state index in [2.05, 4.69) is 5.32 Å². The molecule has 1 N–H and O–H groups in total. The van der Waals surface area contributed by atoms with E-state index in [9.17, 15) is 17.6 Å². The van der Waals surface area contributed by atoms with Crippen molar-refractivity contribution in [2.24, 2.45) is 0 Å². The highest BCUT2D eigenvalue weighted by Gasteiger charge is 2.24. The molecule has 0 aliphatic carbocycles. The summed E-state index contributed by atoms with van der Waals surface area (Å²) in [5.74, 6) is -1.05. The Bertz CT molecular complexity index is 941. The van der Waals surface area contributed by atoms with Crippen molar-refractivity contribution in [2.45, 2.75) is 25.7 Å². The van der Waals surface area contributed by atoms with E-state index in [0.29, 0.717) is 13.1 Å². The van der Waals surface area contributed by atoms with Crippen molar-refractivity contribution in [1.82, 2.24) is 4.31 Å². The lowest BCUT2D eigenvalue weighted by molar-refractivity contribution is 0.102. The number of amides is 1. The second-order valence-corrected chi connectivity index (χ2v) is 7.83. The summed E-state index contributed by atoms with van der Waals surface area (Å²) >= 11 is 0. The zero-order chi connectivity index (χ0) is 20.2. The highest BCUT2D eigenvalue weighted by molar-refractivity contribution is 7.89. The standard InChI is InChI=1S/C19H23FN2O4S/c1-5-22(6-2)27(24,25)14-8-10-18(26-4)15(12-14)19(23)21-17-11-13(3)7-9-16(17)20/h7-12H,5-6H2,1-4H3,(H,21,23). The van der Waals surface area contributed by atoms with Gasteiger partial charge in [0.2, 0.25) is 10.0 Å². The Morgan fingerprint density at radius 2 is 1.81 bits per heavy atom. The van der Waals surface area contributed by atoms with Gasteiger partial charge in [0, 0.05) is 13.1 Å². The zero-order valence-corrected chi connectivity index (χ0v) is 16.6. The quantitative estimate of drug-likeness (QED) is 0.781. The number of nitrogens with zero attached hydrogens (tertiary/aromatic N) is 1. The summed E-state index contributed by atoms with van der Waals surface area (Å²) in [6, 6.07) is 8.38. The molecular formula is C19H23FN2O4S. The molecule has 1 amide bonds. The van der Waals surface area contributed by atoms with Gasteiger partial charge in [-0.25, -0.2) is 12.8 Å². The average Bonchev–Trinajstić information content (AvgIpc) is 2.64. The van der Waals surface area contributed by atoms with Crippen LogP contribution in [0.4, 0.5) is 10.1 Å². The van der Waals surface area contributed by atoms with Gasteiger partial charge in [-0.15, -0.1) is 0 Å². The van der Waals surface area contributed by atoms with Crippen LogP contribution in [-0.4, -0.2) is 38.8 Å². The predicted molar refractivity (Wildman–Crippen MR) is 102 cm³/mol. The number of aryl methyl sites for hydroxylation is 1. The SMILES string of the molecule is CCN(CC)S(=O)(=O)c1ccc(OC)c(C(=O)Nc2cc(C)ccc2F)c1. The van der Waals surface area contributed by atoms with Crippen molar-refractivity contribution >= 4 is 21.6 Å². The smallest absolute Gasteiger partial charge is 0.259 e. The second-order valence-electron chi connectivity index (χ2n) is 5.89. The fraction of sp³-hybridized carbons (Fsp3) is 0.316. The molecule has 0 aliphatic rings. The van der Waals surface area contributed by atoms with E-state index in [1.54, 1.807) is 26.8 Å². The van der Waals surface area contributed by atoms with Crippen molar-refractivity contribution in [2.75, 3.05) is 25.5 Å². The van der Waals surface area contributed by atoms with E-state index < -0.39 is 21.7 Å². The first-order valence-electron chi connectivity index (χ1n) is 8.50. The molecule has 0 fully saturated rings. The summed E-state index contributed by atoms with van der Waals surface area (Å²) in [6.07, 6.45) is 0. The zero-order valence-electron chi connectivity index (χ0n) is 15.7. The number of carbonyl (C=O) groups excluding carboxylic acids is 1. The molecule has 0 spiro atoms. The van der Waals surface area contributed by atoms with E-state index in [1.165, 1.54) is 41.7 Å². The van der Waals surface area contributed by atoms with Crippen LogP contribution in [0.1, 0.15) is 29.8 Å². The summed E-state index contributed by atoms with van der Waals surface area (Å²) in [6.45, 7) is 5.85. The first-order valence-corrected chi connectivity index (χ1v) is 9.94. The minimum atomic E-state index is -3.75. The number of hydrogen-bond acceptors (Lipinski definition) is 4. The van der Waals surface area contributed by atoms with E-state index >= 15 is 0 Å². The van der Waals surface area contributed by atoms with Gasteiger partial charge in [-0.3, -0.25) is 4.79 Å². The number of halogens is 1. The molecule has 6 nitrogen and oxygen atoms in total. The van der Waals surface area contributed by atoms with Gasteiger partial charge < -0.3 is 10.1 Å². The van der Waals surface area contributed by atoms with Gasteiger partial charge in [0.1, 0.15) is 11.6 Å². The minimum absolute atomic E-state index is 0.00615. The number of benzene rings is 2. The molecule has 0 atom stereocenters. The summed E-state index contributed by atoms with van der Waals surface area (Å²) in [4.78, 5) is 12.7. The van der Waals surface area contributed by atoms with Gasteiger partial charge >= 0.3 is 0 Å². The normalized spacial score (nSPS) is 11.5. The average molecular weight is 394 g/mol. The lowest BCUT2D eigenvalue weighted by Crippen LogP contribution is -2.30. The van der Waals surface area contributed by atoms with Gasteiger partial charge in [0.15, 0.2) is 0 Å². The molecule has 0 aromatic heterocycles. The maximum Gasteiger partial charge on any atom is 0.259 e. The maximum atomic E-state index is 13.9. The van der Waals surface area contributed by atoms with Gasteiger partial charge in [-0.1, -0.05) is 19.9 Å². The first-order chi connectivity index (χ1) is 12.7. The van der Waals surface area contributed by atoms with Crippen LogP contribution in [-0.2, 0) is 10.0 Å². The molecule has 0 radical (unpaired) electrons. The van der Waals surface area contributed by atoms with E-state index in [0.717, 1.165) is 5.56 Å². The Balaban J connectivity index is 2.46.